The molecule has 0 atom stereocenters. The Bertz CT molecular complexity index is 801. The van der Waals surface area contributed by atoms with Crippen LogP contribution in [0.5, 0.6) is 5.75 Å². The second kappa shape index (κ2) is 7.56. The molecule has 1 saturated carbocycles. The van der Waals surface area contributed by atoms with Crippen molar-refractivity contribution in [1.82, 2.24) is 10.9 Å². The summed E-state index contributed by atoms with van der Waals surface area (Å²) < 4.78 is 18.9. The normalized spacial score (nSPS) is 14.8. The molecule has 0 aliphatic heterocycles. The third kappa shape index (κ3) is 3.85. The van der Waals surface area contributed by atoms with Gasteiger partial charge in [0.15, 0.2) is 6.61 Å². The molecule has 136 valence electrons. The highest BCUT2D eigenvalue weighted by Crippen LogP contribution is 2.43. The van der Waals surface area contributed by atoms with Gasteiger partial charge in [-0.15, -0.1) is 0 Å². The van der Waals surface area contributed by atoms with Crippen molar-refractivity contribution in [2.75, 3.05) is 6.61 Å². The fourth-order valence-corrected chi connectivity index (χ4v) is 3.03. The van der Waals surface area contributed by atoms with Gasteiger partial charge in [0.05, 0.1) is 5.41 Å². The second-order valence-electron chi connectivity index (χ2n) is 6.55. The van der Waals surface area contributed by atoms with Crippen molar-refractivity contribution in [3.8, 4) is 5.75 Å². The van der Waals surface area contributed by atoms with Crippen LogP contribution in [0.3, 0.4) is 0 Å². The maximum atomic E-state index is 13.5. The molecule has 3 rings (SSSR count). The number of carbonyl (C=O) groups excluding carboxylic acids is 2. The Morgan fingerprint density at radius 2 is 1.85 bits per heavy atom. The van der Waals surface area contributed by atoms with Crippen molar-refractivity contribution < 1.29 is 18.7 Å². The van der Waals surface area contributed by atoms with E-state index in [0.29, 0.717) is 24.2 Å². The first-order chi connectivity index (χ1) is 12.5. The maximum absolute atomic E-state index is 13.5. The zero-order chi connectivity index (χ0) is 18.6. The Balaban J connectivity index is 1.54. The van der Waals surface area contributed by atoms with Gasteiger partial charge in [0, 0.05) is 0 Å². The lowest BCUT2D eigenvalue weighted by molar-refractivity contribution is -0.135. The highest BCUT2D eigenvalue weighted by Gasteiger charge is 2.45. The molecule has 5 nitrogen and oxygen atoms in total. The largest absolute Gasteiger partial charge is 0.484 e. The van der Waals surface area contributed by atoms with Gasteiger partial charge in [-0.3, -0.25) is 20.4 Å². The lowest BCUT2D eigenvalue weighted by Gasteiger charge is -2.40. The smallest absolute Gasteiger partial charge is 0.276 e. The van der Waals surface area contributed by atoms with Crippen molar-refractivity contribution in [2.45, 2.75) is 31.6 Å². The lowest BCUT2D eigenvalue weighted by atomic mass is 9.64. The molecule has 0 saturated heterocycles. The van der Waals surface area contributed by atoms with E-state index in [1.54, 1.807) is 24.3 Å². The molecule has 6 heteroatoms. The van der Waals surface area contributed by atoms with Crippen LogP contribution < -0.4 is 15.6 Å². The Hall–Kier alpha value is -2.89. The number of hydrazine groups is 1. The number of nitrogens with one attached hydrogen (secondary N) is 2. The van der Waals surface area contributed by atoms with E-state index in [1.807, 2.05) is 19.1 Å². The molecule has 1 fully saturated rings. The van der Waals surface area contributed by atoms with E-state index in [2.05, 4.69) is 10.9 Å². The third-order valence-corrected chi connectivity index (χ3v) is 4.73. The van der Waals surface area contributed by atoms with Gasteiger partial charge >= 0.3 is 0 Å². The number of halogens is 1. The van der Waals surface area contributed by atoms with Gasteiger partial charge in [-0.1, -0.05) is 36.2 Å². The molecule has 0 bridgehead atoms. The molecule has 0 aromatic heterocycles. The summed E-state index contributed by atoms with van der Waals surface area (Å²) >= 11 is 0. The van der Waals surface area contributed by atoms with Crippen molar-refractivity contribution in [3.05, 3.63) is 65.5 Å². The van der Waals surface area contributed by atoms with Crippen LogP contribution in [0.25, 0.3) is 0 Å². The average molecular weight is 356 g/mol. The van der Waals surface area contributed by atoms with E-state index < -0.39 is 11.3 Å². The van der Waals surface area contributed by atoms with Gasteiger partial charge < -0.3 is 4.74 Å². The zero-order valence-corrected chi connectivity index (χ0v) is 14.5. The maximum Gasteiger partial charge on any atom is 0.276 e. The summed E-state index contributed by atoms with van der Waals surface area (Å²) in [6.07, 6.45) is 2.13. The van der Waals surface area contributed by atoms with Crippen molar-refractivity contribution in [3.63, 3.8) is 0 Å². The standard InChI is InChI=1S/C20H21FN2O3/c1-14-6-8-17(9-7-14)26-13-18(24)22-23-19(25)20(10-3-11-20)15-4-2-5-16(21)12-15/h2,4-9,12H,3,10-11,13H2,1H3,(H,22,24)(H,23,25). The SMILES string of the molecule is Cc1ccc(OCC(=O)NNC(=O)C2(c3cccc(F)c3)CCC2)cc1. The summed E-state index contributed by atoms with van der Waals surface area (Å²) in [5.74, 6) is -0.602. The molecule has 1 aliphatic rings. The van der Waals surface area contributed by atoms with Crippen molar-refractivity contribution in [1.29, 1.82) is 0 Å². The number of carbonyl (C=O) groups is 2. The number of hydrogen-bond donors (Lipinski definition) is 2. The van der Waals surface area contributed by atoms with Crippen LogP contribution in [0.4, 0.5) is 4.39 Å². The quantitative estimate of drug-likeness (QED) is 0.810. The van der Waals surface area contributed by atoms with Crippen LogP contribution in [0.1, 0.15) is 30.4 Å². The first kappa shape index (κ1) is 17.9. The van der Waals surface area contributed by atoms with E-state index in [-0.39, 0.29) is 18.3 Å². The Morgan fingerprint density at radius 3 is 2.46 bits per heavy atom. The molecule has 2 aromatic rings. The minimum Gasteiger partial charge on any atom is -0.484 e. The molecule has 0 spiro atoms. The average Bonchev–Trinajstić information content (AvgIpc) is 2.58. The highest BCUT2D eigenvalue weighted by molar-refractivity contribution is 5.91. The zero-order valence-electron chi connectivity index (χ0n) is 14.5. The van der Waals surface area contributed by atoms with Gasteiger partial charge in [-0.25, -0.2) is 4.39 Å². The van der Waals surface area contributed by atoms with Crippen molar-refractivity contribution in [2.24, 2.45) is 0 Å². The van der Waals surface area contributed by atoms with E-state index in [9.17, 15) is 14.0 Å². The third-order valence-electron chi connectivity index (χ3n) is 4.73. The molecule has 1 aliphatic carbocycles. The molecule has 0 unspecified atom stereocenters. The van der Waals surface area contributed by atoms with Crippen LogP contribution in [0, 0.1) is 12.7 Å². The first-order valence-corrected chi connectivity index (χ1v) is 8.54. The van der Waals surface area contributed by atoms with Crippen LogP contribution in [-0.4, -0.2) is 18.4 Å². The van der Waals surface area contributed by atoms with Crippen LogP contribution >= 0.6 is 0 Å². The van der Waals surface area contributed by atoms with Gasteiger partial charge in [0.2, 0.25) is 5.91 Å². The predicted octanol–water partition coefficient (Wildman–Crippen LogP) is 2.78. The summed E-state index contributed by atoms with van der Waals surface area (Å²) in [4.78, 5) is 24.5. The minimum atomic E-state index is -0.785. The van der Waals surface area contributed by atoms with E-state index in [0.717, 1.165) is 12.0 Å². The molecule has 2 N–H and O–H groups in total. The monoisotopic (exact) mass is 356 g/mol. The summed E-state index contributed by atoms with van der Waals surface area (Å²) in [6.45, 7) is 1.75. The number of rotatable bonds is 5. The lowest BCUT2D eigenvalue weighted by Crippen LogP contribution is -2.55. The van der Waals surface area contributed by atoms with E-state index >= 15 is 0 Å². The molecular formula is C20H21FN2O3. The molecule has 26 heavy (non-hydrogen) atoms. The summed E-state index contributed by atoms with van der Waals surface area (Å²) in [5, 5.41) is 0. The summed E-state index contributed by atoms with van der Waals surface area (Å²) in [7, 11) is 0. The molecule has 0 radical (unpaired) electrons. The Kier molecular flexibility index (Phi) is 5.21. The number of amides is 2. The summed E-state index contributed by atoms with van der Waals surface area (Å²) in [6, 6.07) is 13.4. The fourth-order valence-electron chi connectivity index (χ4n) is 3.03. The second-order valence-corrected chi connectivity index (χ2v) is 6.55. The van der Waals surface area contributed by atoms with Gasteiger partial charge in [-0.05, 0) is 49.6 Å². The van der Waals surface area contributed by atoms with E-state index in [4.69, 9.17) is 4.74 Å². The number of benzene rings is 2. The van der Waals surface area contributed by atoms with Crippen LogP contribution in [-0.2, 0) is 15.0 Å². The Labute approximate surface area is 151 Å². The number of ether oxygens (including phenoxy) is 1. The molecule has 2 amide bonds. The van der Waals surface area contributed by atoms with Gasteiger partial charge in [-0.2, -0.15) is 0 Å². The molecule has 0 heterocycles. The molecule has 2 aromatic carbocycles. The van der Waals surface area contributed by atoms with Gasteiger partial charge in [0.1, 0.15) is 11.6 Å². The van der Waals surface area contributed by atoms with Gasteiger partial charge in [0.25, 0.3) is 5.91 Å². The topological polar surface area (TPSA) is 67.4 Å². The van der Waals surface area contributed by atoms with Crippen LogP contribution in [0.15, 0.2) is 48.5 Å². The van der Waals surface area contributed by atoms with E-state index in [1.165, 1.54) is 12.1 Å². The summed E-state index contributed by atoms with van der Waals surface area (Å²) in [5.41, 5.74) is 5.75. The van der Waals surface area contributed by atoms with Crippen molar-refractivity contribution >= 4 is 11.8 Å². The fraction of sp³-hybridized carbons (Fsp3) is 0.300. The molecular weight excluding hydrogens is 335 g/mol. The highest BCUT2D eigenvalue weighted by atomic mass is 19.1. The minimum absolute atomic E-state index is 0.212. The first-order valence-electron chi connectivity index (χ1n) is 8.54. The number of aryl methyl sites for hydroxylation is 1. The Morgan fingerprint density at radius 1 is 1.12 bits per heavy atom. The number of hydrogen-bond acceptors (Lipinski definition) is 3. The predicted molar refractivity (Wildman–Crippen MR) is 94.9 cm³/mol. The van der Waals surface area contributed by atoms with Crippen LogP contribution in [0.2, 0.25) is 0 Å².